The summed E-state index contributed by atoms with van der Waals surface area (Å²) >= 11 is 0. The average molecular weight is 504 g/mol. The number of nitrogens with one attached hydrogen (secondary N) is 1. The molecule has 0 aromatic heterocycles. The first-order valence-corrected chi connectivity index (χ1v) is 13.5. The molecule has 0 saturated carbocycles. The summed E-state index contributed by atoms with van der Waals surface area (Å²) in [5.41, 5.74) is 2.85. The van der Waals surface area contributed by atoms with Crippen LogP contribution >= 0.6 is 0 Å². The first-order chi connectivity index (χ1) is 16.4. The average Bonchev–Trinajstić information content (AvgIpc) is 2.81. The minimum Gasteiger partial charge on any atom is -0.497 e. The van der Waals surface area contributed by atoms with Gasteiger partial charge >= 0.3 is 0 Å². The molecule has 2 aromatic carbocycles. The SMILES string of the molecule is CC[C@H](C)NC(=O)[C@H](C)N(Cc1ccc(OC)cc1)C(=O)CN(c1cc(C)ccc1C)S(C)(=O)=O. The van der Waals surface area contributed by atoms with Crippen LogP contribution in [0.1, 0.15) is 43.9 Å². The Hall–Kier alpha value is -3.07. The number of hydrogen-bond donors (Lipinski definition) is 1. The Kier molecular flexibility index (Phi) is 9.71. The summed E-state index contributed by atoms with van der Waals surface area (Å²) in [4.78, 5) is 28.0. The van der Waals surface area contributed by atoms with Crippen molar-refractivity contribution < 1.29 is 22.7 Å². The minimum atomic E-state index is -3.77. The number of carbonyl (C=O) groups excluding carboxylic acids is 2. The molecule has 0 radical (unpaired) electrons. The predicted octanol–water partition coefficient (Wildman–Crippen LogP) is 3.41. The van der Waals surface area contributed by atoms with Crippen molar-refractivity contribution in [3.63, 3.8) is 0 Å². The molecule has 0 unspecified atom stereocenters. The van der Waals surface area contributed by atoms with Gasteiger partial charge in [0.1, 0.15) is 18.3 Å². The van der Waals surface area contributed by atoms with E-state index in [0.29, 0.717) is 11.4 Å². The van der Waals surface area contributed by atoms with Gasteiger partial charge in [-0.2, -0.15) is 0 Å². The summed E-state index contributed by atoms with van der Waals surface area (Å²) < 4.78 is 31.8. The van der Waals surface area contributed by atoms with E-state index in [-0.39, 0.29) is 18.5 Å². The molecule has 0 aliphatic heterocycles. The molecule has 35 heavy (non-hydrogen) atoms. The number of aryl methyl sites for hydroxylation is 2. The van der Waals surface area contributed by atoms with Gasteiger partial charge in [0.15, 0.2) is 0 Å². The molecule has 0 bridgehead atoms. The molecule has 2 rings (SSSR count). The van der Waals surface area contributed by atoms with Crippen molar-refractivity contribution in [1.29, 1.82) is 0 Å². The first kappa shape index (κ1) is 28.2. The van der Waals surface area contributed by atoms with Crippen LogP contribution in [0.15, 0.2) is 42.5 Å². The monoisotopic (exact) mass is 503 g/mol. The fourth-order valence-electron chi connectivity index (χ4n) is 3.56. The van der Waals surface area contributed by atoms with Gasteiger partial charge in [-0.3, -0.25) is 13.9 Å². The number of amides is 2. The van der Waals surface area contributed by atoms with Gasteiger partial charge in [-0.15, -0.1) is 0 Å². The standard InChI is InChI=1S/C26H37N3O5S/c1-8-20(4)27-26(31)21(5)28(16-22-11-13-23(34-6)14-12-22)25(30)17-29(35(7,32)33)24-15-18(2)9-10-19(24)3/h9-15,20-21H,8,16-17H2,1-7H3,(H,27,31)/t20-,21-/m0/s1. The van der Waals surface area contributed by atoms with E-state index in [2.05, 4.69) is 5.32 Å². The second-order valence-corrected chi connectivity index (χ2v) is 10.8. The predicted molar refractivity (Wildman–Crippen MR) is 139 cm³/mol. The van der Waals surface area contributed by atoms with Gasteiger partial charge in [0, 0.05) is 12.6 Å². The largest absolute Gasteiger partial charge is 0.497 e. The summed E-state index contributed by atoms with van der Waals surface area (Å²) in [5.74, 6) is -0.0924. The van der Waals surface area contributed by atoms with E-state index in [1.54, 1.807) is 39.2 Å². The lowest BCUT2D eigenvalue weighted by Crippen LogP contribution is -2.52. The summed E-state index contributed by atoms with van der Waals surface area (Å²) in [5, 5.41) is 2.92. The number of ether oxygens (including phenoxy) is 1. The number of benzene rings is 2. The van der Waals surface area contributed by atoms with Crippen LogP contribution in [0, 0.1) is 13.8 Å². The number of sulfonamides is 1. The Morgan fingerprint density at radius 2 is 1.69 bits per heavy atom. The molecule has 2 amide bonds. The van der Waals surface area contributed by atoms with E-state index in [1.807, 2.05) is 45.0 Å². The quantitative estimate of drug-likeness (QED) is 0.507. The summed E-state index contributed by atoms with van der Waals surface area (Å²) in [6.45, 7) is 8.90. The maximum Gasteiger partial charge on any atom is 0.244 e. The smallest absolute Gasteiger partial charge is 0.244 e. The Morgan fingerprint density at radius 1 is 1.06 bits per heavy atom. The Labute approximate surface area is 209 Å². The number of anilines is 1. The Morgan fingerprint density at radius 3 is 2.23 bits per heavy atom. The van der Waals surface area contributed by atoms with E-state index < -0.39 is 28.5 Å². The maximum absolute atomic E-state index is 13.6. The summed E-state index contributed by atoms with van der Waals surface area (Å²) in [6, 6.07) is 11.8. The fraction of sp³-hybridized carbons (Fsp3) is 0.462. The number of carbonyl (C=O) groups is 2. The highest BCUT2D eigenvalue weighted by atomic mass is 32.2. The normalized spacial score (nSPS) is 13.0. The van der Waals surface area contributed by atoms with Crippen LogP contribution in [-0.2, 0) is 26.2 Å². The van der Waals surface area contributed by atoms with Gasteiger partial charge in [0.05, 0.1) is 19.1 Å². The van der Waals surface area contributed by atoms with E-state index >= 15 is 0 Å². The lowest BCUT2D eigenvalue weighted by Gasteiger charge is -2.32. The summed E-state index contributed by atoms with van der Waals surface area (Å²) in [7, 11) is -2.20. The second-order valence-electron chi connectivity index (χ2n) is 8.92. The van der Waals surface area contributed by atoms with Crippen molar-refractivity contribution in [2.75, 3.05) is 24.2 Å². The highest BCUT2D eigenvalue weighted by Gasteiger charge is 2.31. The Balaban J connectivity index is 2.42. The van der Waals surface area contributed by atoms with Crippen molar-refractivity contribution >= 4 is 27.5 Å². The highest BCUT2D eigenvalue weighted by Crippen LogP contribution is 2.25. The van der Waals surface area contributed by atoms with Gasteiger partial charge < -0.3 is 15.0 Å². The lowest BCUT2D eigenvalue weighted by atomic mass is 10.1. The number of nitrogens with zero attached hydrogens (tertiary/aromatic N) is 2. The molecule has 0 saturated heterocycles. The van der Waals surface area contributed by atoms with Crippen molar-refractivity contribution in [2.45, 2.75) is 59.7 Å². The molecule has 9 heteroatoms. The minimum absolute atomic E-state index is 0.0506. The highest BCUT2D eigenvalue weighted by molar-refractivity contribution is 7.92. The van der Waals surface area contributed by atoms with E-state index in [1.165, 1.54) is 4.90 Å². The molecule has 8 nitrogen and oxygen atoms in total. The van der Waals surface area contributed by atoms with Gasteiger partial charge in [-0.25, -0.2) is 8.42 Å². The van der Waals surface area contributed by atoms with Crippen molar-refractivity contribution in [2.24, 2.45) is 0 Å². The second kappa shape index (κ2) is 12.1. The van der Waals surface area contributed by atoms with Crippen molar-refractivity contribution in [3.05, 3.63) is 59.2 Å². The van der Waals surface area contributed by atoms with Crippen LogP contribution in [0.25, 0.3) is 0 Å². The zero-order valence-corrected chi connectivity index (χ0v) is 22.5. The third kappa shape index (κ3) is 7.71. The van der Waals surface area contributed by atoms with Crippen molar-refractivity contribution in [1.82, 2.24) is 10.2 Å². The molecule has 0 aliphatic rings. The lowest BCUT2D eigenvalue weighted by molar-refractivity contribution is -0.139. The van der Waals surface area contributed by atoms with Crippen LogP contribution in [0.4, 0.5) is 5.69 Å². The third-order valence-electron chi connectivity index (χ3n) is 5.99. The zero-order chi connectivity index (χ0) is 26.3. The molecule has 2 aromatic rings. The molecule has 192 valence electrons. The van der Waals surface area contributed by atoms with E-state index in [4.69, 9.17) is 4.74 Å². The maximum atomic E-state index is 13.6. The molecule has 2 atom stereocenters. The van der Waals surface area contributed by atoms with Gasteiger partial charge in [-0.05, 0) is 69.0 Å². The van der Waals surface area contributed by atoms with Crippen LogP contribution in [0.2, 0.25) is 0 Å². The zero-order valence-electron chi connectivity index (χ0n) is 21.7. The first-order valence-electron chi connectivity index (χ1n) is 11.6. The van der Waals surface area contributed by atoms with E-state index in [9.17, 15) is 18.0 Å². The third-order valence-corrected chi connectivity index (χ3v) is 7.12. The summed E-state index contributed by atoms with van der Waals surface area (Å²) in [6.07, 6.45) is 1.83. The molecule has 0 aliphatic carbocycles. The Bertz CT molecular complexity index is 1130. The molecule has 0 fully saturated rings. The molecule has 1 N–H and O–H groups in total. The van der Waals surface area contributed by atoms with E-state index in [0.717, 1.165) is 33.7 Å². The number of rotatable bonds is 11. The fourth-order valence-corrected chi connectivity index (χ4v) is 4.46. The van der Waals surface area contributed by atoms with Gasteiger partial charge in [0.2, 0.25) is 21.8 Å². The van der Waals surface area contributed by atoms with Crippen molar-refractivity contribution in [3.8, 4) is 5.75 Å². The number of methoxy groups -OCH3 is 1. The van der Waals surface area contributed by atoms with Crippen LogP contribution in [0.3, 0.4) is 0 Å². The molecule has 0 heterocycles. The molecular formula is C26H37N3O5S. The number of hydrogen-bond acceptors (Lipinski definition) is 5. The van der Waals surface area contributed by atoms with Crippen LogP contribution in [0.5, 0.6) is 5.75 Å². The van der Waals surface area contributed by atoms with Crippen LogP contribution in [-0.4, -0.2) is 57.1 Å². The molecular weight excluding hydrogens is 466 g/mol. The van der Waals surface area contributed by atoms with Gasteiger partial charge in [-0.1, -0.05) is 31.2 Å². The topological polar surface area (TPSA) is 96.0 Å². The van der Waals surface area contributed by atoms with Gasteiger partial charge in [0.25, 0.3) is 0 Å². The van der Waals surface area contributed by atoms with Crippen LogP contribution < -0.4 is 14.4 Å². The molecule has 0 spiro atoms.